The number of hydrazone groups is 1. The normalized spacial score (nSPS) is 30.3. The Labute approximate surface area is 182 Å². The molecule has 30 heavy (non-hydrogen) atoms. The van der Waals surface area contributed by atoms with Gasteiger partial charge in [0.2, 0.25) is 0 Å². The first-order valence-corrected chi connectivity index (χ1v) is 11.4. The van der Waals surface area contributed by atoms with E-state index in [2.05, 4.69) is 51.9 Å². The zero-order valence-electron chi connectivity index (χ0n) is 18.2. The van der Waals surface area contributed by atoms with E-state index in [9.17, 15) is 0 Å². The molecule has 0 bridgehead atoms. The first kappa shape index (κ1) is 21.3. The number of nitrogens with zero attached hydrogens (tertiary/aromatic N) is 4. The Morgan fingerprint density at radius 2 is 2.30 bits per heavy atom. The fourth-order valence-electron chi connectivity index (χ4n) is 4.36. The zero-order chi connectivity index (χ0) is 21.4. The number of likely N-dealkylation sites (tertiary alicyclic amines) is 1. The van der Waals surface area contributed by atoms with E-state index in [-0.39, 0.29) is 11.3 Å². The molecule has 0 aromatic carbocycles. The number of fused-ring (bicyclic) bond motifs is 1. The first-order valence-electron chi connectivity index (χ1n) is 10.5. The number of rotatable bonds is 7. The molecule has 1 aromatic rings. The van der Waals surface area contributed by atoms with Crippen LogP contribution in [-0.2, 0) is 6.42 Å². The summed E-state index contributed by atoms with van der Waals surface area (Å²) < 4.78 is 0. The maximum absolute atomic E-state index is 7.91. The summed E-state index contributed by atoms with van der Waals surface area (Å²) in [6.45, 7) is 7.13. The lowest BCUT2D eigenvalue weighted by molar-refractivity contribution is 0.354. The van der Waals surface area contributed by atoms with Gasteiger partial charge in [0.25, 0.3) is 0 Å². The molecule has 4 heterocycles. The Balaban J connectivity index is 1.45. The molecule has 1 saturated heterocycles. The smallest absolute Gasteiger partial charge is 0.175 e. The van der Waals surface area contributed by atoms with Crippen LogP contribution < -0.4 is 16.1 Å². The Morgan fingerprint density at radius 3 is 3.00 bits per heavy atom. The molecule has 0 amide bonds. The Hall–Kier alpha value is -1.97. The quantitative estimate of drug-likeness (QED) is 0.498. The van der Waals surface area contributed by atoms with Gasteiger partial charge in [-0.15, -0.1) is 0 Å². The molecule has 0 aliphatic carbocycles. The number of hydrogen-bond donors (Lipinski definition) is 4. The number of pyridine rings is 1. The lowest BCUT2D eigenvalue weighted by Crippen LogP contribution is -2.41. The second-order valence-electron chi connectivity index (χ2n) is 9.00. The molecule has 4 unspecified atom stereocenters. The highest BCUT2D eigenvalue weighted by atomic mass is 32.2. The molecule has 4 N–H and O–H groups in total. The van der Waals surface area contributed by atoms with Crippen LogP contribution in [0, 0.1) is 22.7 Å². The number of aliphatic imine (C=N–C) groups is 1. The van der Waals surface area contributed by atoms with Gasteiger partial charge in [-0.2, -0.15) is 5.10 Å². The standard InChI is InChI=1S/C21H32N8S/c1-20(12-22,13-23-3)15-9-17-16(24-10-15)5-6-18(25-17)26-21(2)28-27-19(30-21)14-7-8-29(4)11-14/h5-6,10,12,14-15,22-23,28H,7-9,11,13H2,1-4H3,(H,25,26). The van der Waals surface area contributed by atoms with Gasteiger partial charge in [0.15, 0.2) is 4.99 Å². The second-order valence-corrected chi connectivity index (χ2v) is 10.4. The van der Waals surface area contributed by atoms with Crippen LogP contribution in [0.2, 0.25) is 0 Å². The van der Waals surface area contributed by atoms with Crippen LogP contribution in [0.25, 0.3) is 0 Å². The lowest BCUT2D eigenvalue weighted by atomic mass is 9.75. The average molecular weight is 429 g/mol. The minimum atomic E-state index is -0.412. The summed E-state index contributed by atoms with van der Waals surface area (Å²) in [5.41, 5.74) is 4.88. The molecule has 1 aromatic heterocycles. The van der Waals surface area contributed by atoms with Crippen LogP contribution in [0.1, 0.15) is 26.0 Å². The molecule has 0 saturated carbocycles. The first-order chi connectivity index (χ1) is 14.3. The van der Waals surface area contributed by atoms with Crippen molar-refractivity contribution < 1.29 is 0 Å². The van der Waals surface area contributed by atoms with Crippen molar-refractivity contribution in [3.05, 3.63) is 17.8 Å². The van der Waals surface area contributed by atoms with Crippen LogP contribution in [0.5, 0.6) is 0 Å². The largest absolute Gasteiger partial charge is 0.338 e. The highest BCUT2D eigenvalue weighted by Gasteiger charge is 2.38. The summed E-state index contributed by atoms with van der Waals surface area (Å²) in [5.74, 6) is 1.47. The maximum Gasteiger partial charge on any atom is 0.175 e. The minimum Gasteiger partial charge on any atom is -0.338 e. The van der Waals surface area contributed by atoms with Gasteiger partial charge in [-0.05, 0) is 46.1 Å². The molecule has 4 atom stereocenters. The minimum absolute atomic E-state index is 0.140. The summed E-state index contributed by atoms with van der Waals surface area (Å²) >= 11 is 1.75. The predicted octanol–water partition coefficient (Wildman–Crippen LogP) is 2.52. The molecule has 3 aliphatic heterocycles. The molecule has 0 spiro atoms. The van der Waals surface area contributed by atoms with Crippen molar-refractivity contribution in [2.75, 3.05) is 39.0 Å². The fourth-order valence-corrected chi connectivity index (χ4v) is 5.48. The molecule has 8 nitrogen and oxygen atoms in total. The highest BCUT2D eigenvalue weighted by Crippen LogP contribution is 2.37. The van der Waals surface area contributed by atoms with E-state index in [0.717, 1.165) is 49.7 Å². The topological polar surface area (TPSA) is 101 Å². The van der Waals surface area contributed by atoms with Crippen LogP contribution >= 0.6 is 11.8 Å². The van der Waals surface area contributed by atoms with Gasteiger partial charge in [-0.25, -0.2) is 4.98 Å². The number of thioether (sulfide) groups is 1. The van der Waals surface area contributed by atoms with Gasteiger partial charge < -0.3 is 20.9 Å². The van der Waals surface area contributed by atoms with Crippen LogP contribution in [-0.4, -0.2) is 66.1 Å². The van der Waals surface area contributed by atoms with E-state index >= 15 is 0 Å². The third kappa shape index (κ3) is 4.24. The molecule has 162 valence electrons. The molecule has 1 fully saturated rings. The predicted molar refractivity (Wildman–Crippen MR) is 126 cm³/mol. The highest BCUT2D eigenvalue weighted by molar-refractivity contribution is 8.15. The summed E-state index contributed by atoms with van der Waals surface area (Å²) in [4.78, 5) is 11.5. The number of nitrogens with one attached hydrogen (secondary N) is 4. The molecular formula is C21H32N8S. The Bertz CT molecular complexity index is 871. The van der Waals surface area contributed by atoms with Crippen LogP contribution in [0.4, 0.5) is 11.5 Å². The molecule has 0 radical (unpaired) electrons. The van der Waals surface area contributed by atoms with Crippen molar-refractivity contribution >= 4 is 40.7 Å². The van der Waals surface area contributed by atoms with Gasteiger partial charge in [-0.1, -0.05) is 18.7 Å². The molecular weight excluding hydrogens is 396 g/mol. The van der Waals surface area contributed by atoms with E-state index < -0.39 is 4.99 Å². The summed E-state index contributed by atoms with van der Waals surface area (Å²) in [6, 6.07) is 4.00. The lowest BCUT2D eigenvalue weighted by Gasteiger charge is -2.33. The van der Waals surface area contributed by atoms with Crippen molar-refractivity contribution in [2.45, 2.75) is 31.7 Å². The van der Waals surface area contributed by atoms with Crippen LogP contribution in [0.15, 0.2) is 22.2 Å². The van der Waals surface area contributed by atoms with Crippen molar-refractivity contribution in [1.29, 1.82) is 5.41 Å². The van der Waals surface area contributed by atoms with Gasteiger partial charge >= 0.3 is 0 Å². The van der Waals surface area contributed by atoms with Crippen molar-refractivity contribution in [3.8, 4) is 0 Å². The summed E-state index contributed by atoms with van der Waals surface area (Å²) in [6.07, 6.45) is 5.45. The van der Waals surface area contributed by atoms with Crippen molar-refractivity contribution in [2.24, 2.45) is 27.3 Å². The molecule has 3 aliphatic rings. The summed E-state index contributed by atoms with van der Waals surface area (Å²) in [7, 11) is 4.08. The Morgan fingerprint density at radius 1 is 1.47 bits per heavy atom. The van der Waals surface area contributed by atoms with Gasteiger partial charge in [0.05, 0.1) is 11.4 Å². The third-order valence-electron chi connectivity index (χ3n) is 6.29. The van der Waals surface area contributed by atoms with Crippen molar-refractivity contribution in [1.82, 2.24) is 20.6 Å². The van der Waals surface area contributed by atoms with E-state index in [1.165, 1.54) is 11.3 Å². The van der Waals surface area contributed by atoms with Gasteiger partial charge in [0.1, 0.15) is 10.9 Å². The number of anilines is 1. The Kier molecular flexibility index (Phi) is 5.87. The number of aromatic nitrogens is 1. The van der Waals surface area contributed by atoms with Gasteiger partial charge in [0, 0.05) is 49.2 Å². The van der Waals surface area contributed by atoms with Gasteiger partial charge in [-0.3, -0.25) is 10.4 Å². The fraction of sp³-hybridized carbons (Fsp3) is 0.619. The number of hydrogen-bond acceptors (Lipinski definition) is 9. The third-order valence-corrected chi connectivity index (χ3v) is 7.52. The zero-order valence-corrected chi connectivity index (χ0v) is 19.0. The van der Waals surface area contributed by atoms with E-state index in [1.807, 2.05) is 25.4 Å². The molecule has 9 heteroatoms. The maximum atomic E-state index is 7.91. The monoisotopic (exact) mass is 428 g/mol. The molecule has 4 rings (SSSR count). The second kappa shape index (κ2) is 8.28. The SMILES string of the molecule is CNCC(C)(C=N)C1C=Nc2ccc(NC3(C)NN=C(C4CCN(C)C4)S3)nc2C1. The van der Waals surface area contributed by atoms with Crippen molar-refractivity contribution in [3.63, 3.8) is 0 Å². The average Bonchev–Trinajstić information content (AvgIpc) is 3.33. The summed E-state index contributed by atoms with van der Waals surface area (Å²) in [5, 5.41) is 20.4. The van der Waals surface area contributed by atoms with E-state index in [0.29, 0.717) is 5.92 Å². The van der Waals surface area contributed by atoms with E-state index in [4.69, 9.17) is 10.4 Å². The van der Waals surface area contributed by atoms with Crippen LogP contribution in [0.3, 0.4) is 0 Å². The van der Waals surface area contributed by atoms with E-state index in [1.54, 1.807) is 11.8 Å².